The van der Waals surface area contributed by atoms with Gasteiger partial charge in [0.15, 0.2) is 0 Å². The highest BCUT2D eigenvalue weighted by molar-refractivity contribution is 7.20. The Kier molecular flexibility index (Phi) is 3.81. The zero-order chi connectivity index (χ0) is 18.4. The Hall–Kier alpha value is -3.05. The van der Waals surface area contributed by atoms with Gasteiger partial charge in [0, 0.05) is 0 Å². The quantitative estimate of drug-likeness (QED) is 0.391. The lowest BCUT2D eigenvalue weighted by Gasteiger charge is -1.98. The summed E-state index contributed by atoms with van der Waals surface area (Å²) in [4.78, 5) is 19.8. The van der Waals surface area contributed by atoms with E-state index in [1.807, 2.05) is 0 Å². The first-order valence-corrected chi connectivity index (χ1v) is 8.64. The van der Waals surface area contributed by atoms with Crippen LogP contribution in [-0.4, -0.2) is 16.1 Å². The van der Waals surface area contributed by atoms with Gasteiger partial charge in [-0.25, -0.2) is 13.6 Å². The molecule has 0 aliphatic heterocycles. The number of nitrogens with zero attached hydrogens (tertiary/aromatic N) is 2. The minimum atomic E-state index is -1.15. The van der Waals surface area contributed by atoms with Crippen LogP contribution in [0.3, 0.4) is 0 Å². The van der Waals surface area contributed by atoms with Gasteiger partial charge in [0.1, 0.15) is 22.7 Å². The average molecular weight is 394 g/mol. The van der Waals surface area contributed by atoms with Gasteiger partial charge in [-0.1, -0.05) is 22.7 Å². The first-order valence-electron chi connectivity index (χ1n) is 7.01. The van der Waals surface area contributed by atoms with Crippen molar-refractivity contribution in [2.75, 3.05) is 11.5 Å². The zero-order valence-electron chi connectivity index (χ0n) is 12.7. The van der Waals surface area contributed by atoms with E-state index in [1.165, 1.54) is 24.3 Å². The number of fused-ring (bicyclic) bond motifs is 2. The lowest BCUT2D eigenvalue weighted by Crippen LogP contribution is -2.13. The highest BCUT2D eigenvalue weighted by Gasteiger charge is 2.19. The number of halogens is 2. The third kappa shape index (κ3) is 2.76. The molecule has 0 unspecified atom stereocenters. The van der Waals surface area contributed by atoms with Gasteiger partial charge in [-0.15, -0.1) is 0 Å². The van der Waals surface area contributed by atoms with Gasteiger partial charge in [-0.2, -0.15) is 9.97 Å². The van der Waals surface area contributed by atoms with Crippen molar-refractivity contribution in [2.24, 2.45) is 0 Å². The molecule has 4 N–H and O–H groups in total. The van der Waals surface area contributed by atoms with Crippen LogP contribution >= 0.6 is 22.7 Å². The fraction of sp³-hybridized carbons (Fsp3) is 0. The molecule has 0 atom stereocenters. The normalized spacial score (nSPS) is 11.2. The van der Waals surface area contributed by atoms with Gasteiger partial charge >= 0.3 is 6.16 Å². The molecule has 0 amide bonds. The second-order valence-electron chi connectivity index (χ2n) is 5.04. The Bertz CT molecular complexity index is 1010. The number of carbonyl (C=O) groups is 1. The summed E-state index contributed by atoms with van der Waals surface area (Å²) in [6.45, 7) is 0. The smallest absolute Gasteiger partial charge is 0.397 e. The summed E-state index contributed by atoms with van der Waals surface area (Å²) in [7, 11) is 0. The van der Waals surface area contributed by atoms with Gasteiger partial charge in [0.05, 0.1) is 20.8 Å². The predicted molar refractivity (Wildman–Crippen MR) is 94.6 cm³/mol. The van der Waals surface area contributed by atoms with Crippen molar-refractivity contribution in [3.63, 3.8) is 0 Å². The second-order valence-corrected chi connectivity index (χ2v) is 6.97. The van der Waals surface area contributed by atoms with Gasteiger partial charge in [-0.05, 0) is 24.3 Å². The van der Waals surface area contributed by atoms with Crippen molar-refractivity contribution >= 4 is 60.6 Å². The molecule has 2 heterocycles. The maximum Gasteiger partial charge on any atom is 0.523 e. The summed E-state index contributed by atoms with van der Waals surface area (Å²) in [6.07, 6.45) is -1.15. The summed E-state index contributed by atoms with van der Waals surface area (Å²) in [5.74, 6) is -1.07. The summed E-state index contributed by atoms with van der Waals surface area (Å²) < 4.78 is 37.7. The molecule has 4 rings (SSSR count). The molecule has 0 aliphatic carbocycles. The molecule has 0 fully saturated rings. The minimum Gasteiger partial charge on any atom is -0.397 e. The monoisotopic (exact) mass is 394 g/mol. The van der Waals surface area contributed by atoms with Crippen molar-refractivity contribution in [3.05, 3.63) is 35.9 Å². The number of ether oxygens (including phenoxy) is 2. The third-order valence-corrected chi connectivity index (χ3v) is 5.24. The Balaban J connectivity index is 1.58. The van der Waals surface area contributed by atoms with E-state index < -0.39 is 17.8 Å². The highest BCUT2D eigenvalue weighted by atomic mass is 32.1. The molecule has 132 valence electrons. The number of hydrogen-bond acceptors (Lipinski definition) is 9. The van der Waals surface area contributed by atoms with Crippen LogP contribution in [-0.2, 0) is 0 Å². The van der Waals surface area contributed by atoms with Gasteiger partial charge in [-0.3, -0.25) is 0 Å². The van der Waals surface area contributed by atoms with E-state index in [-0.39, 0.29) is 42.2 Å². The average Bonchev–Trinajstić information content (AvgIpc) is 3.20. The third-order valence-electron chi connectivity index (χ3n) is 3.36. The zero-order valence-corrected chi connectivity index (χ0v) is 14.3. The molecular weight excluding hydrogens is 386 g/mol. The number of aromatic nitrogens is 2. The number of thiazole rings is 2. The second kappa shape index (κ2) is 6.04. The first-order chi connectivity index (χ1) is 12.4. The molecule has 0 saturated heterocycles. The van der Waals surface area contributed by atoms with Gasteiger partial charge < -0.3 is 20.9 Å². The Morgan fingerprint density at radius 3 is 1.65 bits per heavy atom. The molecule has 4 aromatic rings. The van der Waals surface area contributed by atoms with Gasteiger partial charge in [0.2, 0.25) is 0 Å². The van der Waals surface area contributed by atoms with Crippen molar-refractivity contribution in [1.29, 1.82) is 0 Å². The number of nitrogen functional groups attached to an aromatic ring is 2. The number of nitrogens with two attached hydrogens (primary N) is 2. The molecule has 26 heavy (non-hydrogen) atoms. The van der Waals surface area contributed by atoms with Crippen LogP contribution in [0.1, 0.15) is 0 Å². The Labute approximate surface area is 151 Å². The van der Waals surface area contributed by atoms with Crippen molar-refractivity contribution in [2.45, 2.75) is 0 Å². The molecule has 0 bridgehead atoms. The lowest BCUT2D eigenvalue weighted by atomic mass is 10.3. The molecule has 0 radical (unpaired) electrons. The van der Waals surface area contributed by atoms with Crippen LogP contribution in [0, 0.1) is 11.6 Å². The number of hydrogen-bond donors (Lipinski definition) is 2. The van der Waals surface area contributed by atoms with Crippen LogP contribution in [0.2, 0.25) is 0 Å². The van der Waals surface area contributed by atoms with Gasteiger partial charge in [0.25, 0.3) is 10.4 Å². The van der Waals surface area contributed by atoms with Crippen molar-refractivity contribution in [3.8, 4) is 10.4 Å². The van der Waals surface area contributed by atoms with E-state index in [4.69, 9.17) is 20.9 Å². The summed E-state index contributed by atoms with van der Waals surface area (Å²) >= 11 is 1.60. The largest absolute Gasteiger partial charge is 0.523 e. The van der Waals surface area contributed by atoms with Crippen LogP contribution in [0.5, 0.6) is 10.4 Å². The first kappa shape index (κ1) is 16.4. The van der Waals surface area contributed by atoms with Crippen LogP contribution < -0.4 is 20.9 Å². The fourth-order valence-electron chi connectivity index (χ4n) is 2.20. The number of rotatable bonds is 2. The lowest BCUT2D eigenvalue weighted by molar-refractivity contribution is 0.151. The molecule has 0 spiro atoms. The summed E-state index contributed by atoms with van der Waals surface area (Å²) in [5, 5.41) is -0.290. The topological polar surface area (TPSA) is 113 Å². The molecular formula is C15H8F2N4O3S2. The van der Waals surface area contributed by atoms with E-state index >= 15 is 0 Å². The Morgan fingerprint density at radius 2 is 1.27 bits per heavy atom. The van der Waals surface area contributed by atoms with E-state index in [2.05, 4.69) is 9.97 Å². The van der Waals surface area contributed by atoms with Crippen molar-refractivity contribution < 1.29 is 23.0 Å². The van der Waals surface area contributed by atoms with Crippen LogP contribution in [0.25, 0.3) is 20.4 Å². The highest BCUT2D eigenvalue weighted by Crippen LogP contribution is 2.35. The van der Waals surface area contributed by atoms with Crippen molar-refractivity contribution in [1.82, 2.24) is 9.97 Å². The standard InChI is InChI=1S/C15H8F2N4O3S2/c16-5-1-3-7(18)9-11(5)25-13(20-9)23-15(22)24-14-21-10-8(19)4-2-6(17)12(10)26-14/h1-4H,18-19H2. The van der Waals surface area contributed by atoms with E-state index in [0.29, 0.717) is 0 Å². The minimum absolute atomic E-state index is 0.145. The summed E-state index contributed by atoms with van der Waals surface area (Å²) in [6, 6.07) is 5.11. The molecule has 2 aromatic heterocycles. The maximum absolute atomic E-state index is 13.7. The van der Waals surface area contributed by atoms with E-state index in [0.717, 1.165) is 22.7 Å². The number of anilines is 2. The maximum atomic E-state index is 13.7. The molecule has 2 aromatic carbocycles. The molecule has 0 saturated carbocycles. The van der Waals surface area contributed by atoms with E-state index in [9.17, 15) is 13.6 Å². The van der Waals surface area contributed by atoms with Crippen LogP contribution in [0.4, 0.5) is 25.0 Å². The van der Waals surface area contributed by atoms with Crippen LogP contribution in [0.15, 0.2) is 24.3 Å². The molecule has 7 nitrogen and oxygen atoms in total. The number of carbonyl (C=O) groups excluding carboxylic acids is 1. The van der Waals surface area contributed by atoms with E-state index in [1.54, 1.807) is 0 Å². The molecule has 0 aliphatic rings. The fourth-order valence-corrected chi connectivity index (χ4v) is 3.90. The SMILES string of the molecule is Nc1ccc(F)c2sc(OC(=O)Oc3nc4c(N)ccc(F)c4s3)nc12. The molecule has 11 heteroatoms. The Morgan fingerprint density at radius 1 is 0.846 bits per heavy atom. The number of benzene rings is 2. The summed E-state index contributed by atoms with van der Waals surface area (Å²) in [5.41, 5.74) is 12.3. The predicted octanol–water partition coefficient (Wildman–Crippen LogP) is 3.93.